The fourth-order valence-corrected chi connectivity index (χ4v) is 3.60. The number of aryl methyl sites for hydroxylation is 2. The minimum atomic E-state index is -0.0378. The Morgan fingerprint density at radius 3 is 2.60 bits per heavy atom. The lowest BCUT2D eigenvalue weighted by atomic mass is 10.0. The van der Waals surface area contributed by atoms with Crippen LogP contribution in [-0.2, 0) is 19.4 Å². The van der Waals surface area contributed by atoms with E-state index >= 15 is 0 Å². The summed E-state index contributed by atoms with van der Waals surface area (Å²) in [7, 11) is 0. The normalized spacial score (nSPS) is 12.7. The predicted molar refractivity (Wildman–Crippen MR) is 89.8 cm³/mol. The Balaban J connectivity index is 2.22. The molecule has 0 saturated carbocycles. The highest BCUT2D eigenvalue weighted by atomic mass is 79.9. The van der Waals surface area contributed by atoms with Gasteiger partial charge in [0.05, 0.1) is 5.69 Å². The lowest BCUT2D eigenvalue weighted by Gasteiger charge is -2.15. The summed E-state index contributed by atoms with van der Waals surface area (Å²) in [6.45, 7) is 5.11. The molecule has 0 saturated heterocycles. The monoisotopic (exact) mass is 399 g/mol. The lowest BCUT2D eigenvalue weighted by molar-refractivity contribution is 0.585. The minimum Gasteiger partial charge on any atom is -0.324 e. The van der Waals surface area contributed by atoms with Gasteiger partial charge in [-0.3, -0.25) is 4.68 Å². The summed E-state index contributed by atoms with van der Waals surface area (Å²) >= 11 is 7.05. The number of hydrogen-bond donors (Lipinski definition) is 1. The van der Waals surface area contributed by atoms with Crippen molar-refractivity contribution < 1.29 is 0 Å². The van der Waals surface area contributed by atoms with E-state index in [0.29, 0.717) is 0 Å². The van der Waals surface area contributed by atoms with Gasteiger partial charge in [0.15, 0.2) is 0 Å². The summed E-state index contributed by atoms with van der Waals surface area (Å²) in [6.07, 6.45) is 1.75. The van der Waals surface area contributed by atoms with Gasteiger partial charge in [-0.15, -0.1) is 0 Å². The van der Waals surface area contributed by atoms with Gasteiger partial charge >= 0.3 is 0 Å². The molecule has 0 amide bonds. The average Bonchev–Trinajstić information content (AvgIpc) is 2.80. The zero-order valence-electron chi connectivity index (χ0n) is 11.7. The van der Waals surface area contributed by atoms with Crippen molar-refractivity contribution in [3.63, 3.8) is 0 Å². The molecule has 3 nitrogen and oxygen atoms in total. The highest BCUT2D eigenvalue weighted by Crippen LogP contribution is 2.27. The van der Waals surface area contributed by atoms with Crippen molar-refractivity contribution in [2.24, 2.45) is 5.73 Å². The molecule has 1 unspecified atom stereocenters. The molecule has 1 atom stereocenters. The smallest absolute Gasteiger partial charge is 0.0624 e. The number of aromatic nitrogens is 2. The van der Waals surface area contributed by atoms with Gasteiger partial charge in [0.25, 0.3) is 0 Å². The molecule has 108 valence electrons. The van der Waals surface area contributed by atoms with Gasteiger partial charge in [-0.25, -0.2) is 0 Å². The summed E-state index contributed by atoms with van der Waals surface area (Å²) in [4.78, 5) is 0. The Morgan fingerprint density at radius 2 is 2.00 bits per heavy atom. The van der Waals surface area contributed by atoms with Crippen molar-refractivity contribution in [2.75, 3.05) is 0 Å². The van der Waals surface area contributed by atoms with Gasteiger partial charge in [0.1, 0.15) is 0 Å². The number of halogens is 2. The van der Waals surface area contributed by atoms with Crippen LogP contribution in [0.4, 0.5) is 0 Å². The molecule has 20 heavy (non-hydrogen) atoms. The first-order valence-electron chi connectivity index (χ1n) is 6.81. The SMILES string of the molecule is CCc1cc(CC(N)c2ccc(Br)cc2Br)n(CC)n1. The molecule has 5 heteroatoms. The third-order valence-electron chi connectivity index (χ3n) is 3.37. The van der Waals surface area contributed by atoms with Gasteiger partial charge in [-0.2, -0.15) is 5.10 Å². The molecule has 0 aliphatic carbocycles. The Labute approximate surface area is 136 Å². The molecule has 0 spiro atoms. The third-order valence-corrected chi connectivity index (χ3v) is 4.55. The number of benzene rings is 1. The maximum atomic E-state index is 6.37. The van der Waals surface area contributed by atoms with Crippen molar-refractivity contribution in [2.45, 2.75) is 39.3 Å². The van der Waals surface area contributed by atoms with Crippen LogP contribution in [0.2, 0.25) is 0 Å². The van der Waals surface area contributed by atoms with Gasteiger partial charge < -0.3 is 5.73 Å². The van der Waals surface area contributed by atoms with E-state index in [1.807, 2.05) is 16.8 Å². The Kier molecular flexibility index (Phi) is 5.41. The summed E-state index contributed by atoms with van der Waals surface area (Å²) in [5.41, 5.74) is 9.82. The van der Waals surface area contributed by atoms with Crippen LogP contribution in [0.15, 0.2) is 33.2 Å². The molecule has 0 bridgehead atoms. The second kappa shape index (κ2) is 6.87. The fourth-order valence-electron chi connectivity index (χ4n) is 2.26. The summed E-state index contributed by atoms with van der Waals surface area (Å²) in [5, 5.41) is 4.57. The van der Waals surface area contributed by atoms with Crippen LogP contribution < -0.4 is 5.73 Å². The molecule has 0 aliphatic heterocycles. The molecular formula is C15H19Br2N3. The molecule has 1 heterocycles. The zero-order valence-corrected chi connectivity index (χ0v) is 14.9. The van der Waals surface area contributed by atoms with Crippen molar-refractivity contribution in [1.29, 1.82) is 0 Å². The van der Waals surface area contributed by atoms with Gasteiger partial charge in [0, 0.05) is 33.6 Å². The van der Waals surface area contributed by atoms with Gasteiger partial charge in [-0.05, 0) is 37.1 Å². The van der Waals surface area contributed by atoms with Crippen LogP contribution in [-0.4, -0.2) is 9.78 Å². The van der Waals surface area contributed by atoms with E-state index in [9.17, 15) is 0 Å². The number of hydrogen-bond acceptors (Lipinski definition) is 2. The van der Waals surface area contributed by atoms with E-state index < -0.39 is 0 Å². The minimum absolute atomic E-state index is 0.0378. The van der Waals surface area contributed by atoms with Crippen LogP contribution in [0.1, 0.15) is 36.8 Å². The first kappa shape index (κ1) is 15.7. The van der Waals surface area contributed by atoms with Crippen molar-refractivity contribution in [3.8, 4) is 0 Å². The highest BCUT2D eigenvalue weighted by Gasteiger charge is 2.14. The van der Waals surface area contributed by atoms with Gasteiger partial charge in [-0.1, -0.05) is 44.8 Å². The molecule has 0 radical (unpaired) electrons. The largest absolute Gasteiger partial charge is 0.324 e. The number of nitrogens with two attached hydrogens (primary N) is 1. The van der Waals surface area contributed by atoms with Crippen LogP contribution in [0.25, 0.3) is 0 Å². The maximum absolute atomic E-state index is 6.37. The van der Waals surface area contributed by atoms with E-state index in [-0.39, 0.29) is 6.04 Å². The Morgan fingerprint density at radius 1 is 1.25 bits per heavy atom. The van der Waals surface area contributed by atoms with E-state index in [0.717, 1.165) is 39.6 Å². The maximum Gasteiger partial charge on any atom is 0.0624 e. The van der Waals surface area contributed by atoms with Crippen molar-refractivity contribution in [3.05, 3.63) is 50.2 Å². The summed E-state index contributed by atoms with van der Waals surface area (Å²) in [5.74, 6) is 0. The van der Waals surface area contributed by atoms with Crippen molar-refractivity contribution in [1.82, 2.24) is 9.78 Å². The van der Waals surface area contributed by atoms with Crippen LogP contribution in [0.5, 0.6) is 0 Å². The molecule has 1 aromatic heterocycles. The third kappa shape index (κ3) is 3.51. The quantitative estimate of drug-likeness (QED) is 0.815. The van der Waals surface area contributed by atoms with Crippen molar-refractivity contribution >= 4 is 31.9 Å². The topological polar surface area (TPSA) is 43.8 Å². The van der Waals surface area contributed by atoms with Crippen LogP contribution in [0.3, 0.4) is 0 Å². The number of rotatable bonds is 5. The summed E-state index contributed by atoms with van der Waals surface area (Å²) in [6, 6.07) is 8.24. The van der Waals surface area contributed by atoms with E-state index in [1.54, 1.807) is 0 Å². The highest BCUT2D eigenvalue weighted by molar-refractivity contribution is 9.11. The Bertz CT molecular complexity index is 593. The molecule has 2 N–H and O–H groups in total. The summed E-state index contributed by atoms with van der Waals surface area (Å²) < 4.78 is 4.13. The second-order valence-corrected chi connectivity index (χ2v) is 6.54. The van der Waals surface area contributed by atoms with Crippen LogP contribution >= 0.6 is 31.9 Å². The molecule has 2 aromatic rings. The Hall–Kier alpha value is -0.650. The standard InChI is InChI=1S/C15H19Br2N3/c1-3-11-8-12(20(4-2)19-11)9-15(18)13-6-5-10(16)7-14(13)17/h5-8,15H,3-4,9,18H2,1-2H3. The molecular weight excluding hydrogens is 382 g/mol. The van der Waals surface area contributed by atoms with Gasteiger partial charge in [0.2, 0.25) is 0 Å². The van der Waals surface area contributed by atoms with E-state index in [2.05, 4.69) is 62.9 Å². The zero-order chi connectivity index (χ0) is 14.7. The first-order chi connectivity index (χ1) is 9.55. The molecule has 1 aromatic carbocycles. The number of nitrogens with zero attached hydrogens (tertiary/aromatic N) is 2. The first-order valence-corrected chi connectivity index (χ1v) is 8.39. The van der Waals surface area contributed by atoms with E-state index in [4.69, 9.17) is 5.73 Å². The fraction of sp³-hybridized carbons (Fsp3) is 0.400. The lowest BCUT2D eigenvalue weighted by Crippen LogP contribution is -2.16. The molecule has 2 rings (SSSR count). The average molecular weight is 401 g/mol. The molecule has 0 fully saturated rings. The van der Waals surface area contributed by atoms with Crippen LogP contribution in [0, 0.1) is 0 Å². The predicted octanol–water partition coefficient (Wildman–Crippen LogP) is 4.23. The molecule has 0 aliphatic rings. The second-order valence-electron chi connectivity index (χ2n) is 4.77. The van der Waals surface area contributed by atoms with E-state index in [1.165, 1.54) is 5.69 Å².